The molecule has 6 nitrogen and oxygen atoms in total. The summed E-state index contributed by atoms with van der Waals surface area (Å²) in [6.07, 6.45) is 0.224. The van der Waals surface area contributed by atoms with Gasteiger partial charge in [0.2, 0.25) is 15.7 Å². The highest BCUT2D eigenvalue weighted by molar-refractivity contribution is 7.91. The Morgan fingerprint density at radius 1 is 1.12 bits per heavy atom. The third kappa shape index (κ3) is 4.63. The van der Waals surface area contributed by atoms with E-state index in [0.29, 0.717) is 23.8 Å². The standard InChI is InChI=1S/C25H27NO5S2/c1-5-30-21-12-17(8-11-20(21)31-15(2)3)19-13-23(27)26-24-22(14-32-25(19)24)33(28,29)18-9-6-16(4)7-10-18/h6-12,14-15,19H,5,13H2,1-4H3,(H,26,27)/t19-/m0/s1. The first kappa shape index (κ1) is 23.3. The first-order chi connectivity index (χ1) is 15.7. The molecule has 3 aromatic rings. The molecule has 0 aliphatic carbocycles. The van der Waals surface area contributed by atoms with Crippen molar-refractivity contribution < 1.29 is 22.7 Å². The monoisotopic (exact) mass is 485 g/mol. The van der Waals surface area contributed by atoms with Crippen molar-refractivity contribution in [2.75, 3.05) is 11.9 Å². The Labute approximate surface area is 198 Å². The molecule has 1 amide bonds. The van der Waals surface area contributed by atoms with Gasteiger partial charge in [-0.05, 0) is 57.5 Å². The Hall–Kier alpha value is -2.84. The highest BCUT2D eigenvalue weighted by Gasteiger charge is 2.34. The molecule has 1 aliphatic rings. The maximum absolute atomic E-state index is 13.3. The van der Waals surface area contributed by atoms with Gasteiger partial charge in [0, 0.05) is 22.6 Å². The number of carbonyl (C=O) groups excluding carboxylic acids is 1. The zero-order valence-electron chi connectivity index (χ0n) is 19.0. The fourth-order valence-corrected chi connectivity index (χ4v) is 6.78. The SMILES string of the molecule is CCOc1cc([C@@H]2CC(=O)Nc3c(S(=O)(=O)c4ccc(C)cc4)csc32)ccc1OC(C)C. The van der Waals surface area contributed by atoms with Crippen molar-refractivity contribution in [2.24, 2.45) is 0 Å². The van der Waals surface area contributed by atoms with Crippen molar-refractivity contribution in [3.63, 3.8) is 0 Å². The Morgan fingerprint density at radius 2 is 1.85 bits per heavy atom. The number of hydrogen-bond donors (Lipinski definition) is 1. The van der Waals surface area contributed by atoms with Crippen LogP contribution in [0, 0.1) is 6.92 Å². The first-order valence-electron chi connectivity index (χ1n) is 10.9. The number of nitrogens with one attached hydrogen (secondary N) is 1. The predicted octanol–water partition coefficient (Wildman–Crippen LogP) is 5.55. The van der Waals surface area contributed by atoms with E-state index < -0.39 is 9.84 Å². The van der Waals surface area contributed by atoms with Crippen LogP contribution in [-0.4, -0.2) is 27.0 Å². The molecule has 1 atom stereocenters. The molecule has 8 heteroatoms. The molecule has 0 unspecified atom stereocenters. The van der Waals surface area contributed by atoms with Crippen LogP contribution in [0.4, 0.5) is 5.69 Å². The second-order valence-electron chi connectivity index (χ2n) is 8.27. The summed E-state index contributed by atoms with van der Waals surface area (Å²) in [6, 6.07) is 12.4. The lowest BCUT2D eigenvalue weighted by Gasteiger charge is -2.25. The average molecular weight is 486 g/mol. The summed E-state index contributed by atoms with van der Waals surface area (Å²) in [4.78, 5) is 13.8. The second kappa shape index (κ2) is 9.19. The van der Waals surface area contributed by atoms with Crippen LogP contribution in [0.25, 0.3) is 0 Å². The summed E-state index contributed by atoms with van der Waals surface area (Å²) in [7, 11) is -3.77. The van der Waals surface area contributed by atoms with Gasteiger partial charge in [-0.15, -0.1) is 11.3 Å². The van der Waals surface area contributed by atoms with Crippen molar-refractivity contribution in [1.29, 1.82) is 0 Å². The summed E-state index contributed by atoms with van der Waals surface area (Å²) in [5.74, 6) is 0.768. The van der Waals surface area contributed by atoms with Gasteiger partial charge in [-0.2, -0.15) is 0 Å². The lowest BCUT2D eigenvalue weighted by molar-refractivity contribution is -0.116. The lowest BCUT2D eigenvalue weighted by atomic mass is 9.90. The predicted molar refractivity (Wildman–Crippen MR) is 129 cm³/mol. The van der Waals surface area contributed by atoms with Gasteiger partial charge in [0.15, 0.2) is 11.5 Å². The van der Waals surface area contributed by atoms with E-state index in [4.69, 9.17) is 9.47 Å². The van der Waals surface area contributed by atoms with Crippen LogP contribution in [-0.2, 0) is 14.6 Å². The van der Waals surface area contributed by atoms with E-state index in [-0.39, 0.29) is 34.1 Å². The second-order valence-corrected chi connectivity index (χ2v) is 11.1. The molecule has 0 saturated carbocycles. The maximum Gasteiger partial charge on any atom is 0.225 e. The third-order valence-corrected chi connectivity index (χ3v) is 8.45. The molecule has 2 aromatic carbocycles. The van der Waals surface area contributed by atoms with E-state index in [9.17, 15) is 13.2 Å². The lowest BCUT2D eigenvalue weighted by Crippen LogP contribution is -2.23. The number of thiophene rings is 1. The van der Waals surface area contributed by atoms with Crippen LogP contribution < -0.4 is 14.8 Å². The van der Waals surface area contributed by atoms with Crippen LogP contribution in [0.3, 0.4) is 0 Å². The van der Waals surface area contributed by atoms with Crippen LogP contribution in [0.1, 0.15) is 49.1 Å². The number of benzene rings is 2. The highest BCUT2D eigenvalue weighted by atomic mass is 32.2. The van der Waals surface area contributed by atoms with Gasteiger partial charge in [-0.1, -0.05) is 23.8 Å². The molecule has 0 bridgehead atoms. The van der Waals surface area contributed by atoms with Gasteiger partial charge in [0.1, 0.15) is 4.90 Å². The number of amides is 1. The first-order valence-corrected chi connectivity index (χ1v) is 13.2. The number of fused-ring (bicyclic) bond motifs is 1. The molecular weight excluding hydrogens is 458 g/mol. The fraction of sp³-hybridized carbons (Fsp3) is 0.320. The highest BCUT2D eigenvalue weighted by Crippen LogP contribution is 2.47. The number of ether oxygens (including phenoxy) is 2. The van der Waals surface area contributed by atoms with Gasteiger partial charge in [0.05, 0.1) is 23.3 Å². The molecule has 4 rings (SSSR count). The van der Waals surface area contributed by atoms with E-state index in [1.807, 2.05) is 45.9 Å². The van der Waals surface area contributed by atoms with E-state index in [1.165, 1.54) is 11.3 Å². The minimum absolute atomic E-state index is 0.00560. The minimum atomic E-state index is -3.77. The molecule has 0 spiro atoms. The van der Waals surface area contributed by atoms with Crippen molar-refractivity contribution in [3.8, 4) is 11.5 Å². The van der Waals surface area contributed by atoms with E-state index >= 15 is 0 Å². The van der Waals surface area contributed by atoms with Crippen LogP contribution in [0.15, 0.2) is 57.6 Å². The Morgan fingerprint density at radius 3 is 2.52 bits per heavy atom. The van der Waals surface area contributed by atoms with Crippen molar-refractivity contribution in [2.45, 2.75) is 55.9 Å². The number of rotatable bonds is 7. The molecule has 1 aromatic heterocycles. The van der Waals surface area contributed by atoms with Crippen LogP contribution in [0.2, 0.25) is 0 Å². The maximum atomic E-state index is 13.3. The molecule has 0 radical (unpaired) electrons. The summed E-state index contributed by atoms with van der Waals surface area (Å²) in [5.41, 5.74) is 2.23. The van der Waals surface area contributed by atoms with Crippen LogP contribution >= 0.6 is 11.3 Å². The summed E-state index contributed by atoms with van der Waals surface area (Å²) in [6.45, 7) is 8.18. The van der Waals surface area contributed by atoms with E-state index in [1.54, 1.807) is 29.6 Å². The zero-order chi connectivity index (χ0) is 23.8. The molecule has 0 fully saturated rings. The van der Waals surface area contributed by atoms with E-state index in [0.717, 1.165) is 16.0 Å². The molecule has 174 valence electrons. The zero-order valence-corrected chi connectivity index (χ0v) is 20.7. The van der Waals surface area contributed by atoms with Crippen LogP contribution in [0.5, 0.6) is 11.5 Å². The van der Waals surface area contributed by atoms with E-state index in [2.05, 4.69) is 5.32 Å². The summed E-state index contributed by atoms with van der Waals surface area (Å²) >= 11 is 1.35. The van der Waals surface area contributed by atoms with Gasteiger partial charge >= 0.3 is 0 Å². The fourth-order valence-electron chi connectivity index (χ4n) is 3.88. The number of sulfone groups is 1. The van der Waals surface area contributed by atoms with Gasteiger partial charge in [-0.25, -0.2) is 8.42 Å². The van der Waals surface area contributed by atoms with Crippen molar-refractivity contribution >= 4 is 32.8 Å². The smallest absolute Gasteiger partial charge is 0.225 e. The van der Waals surface area contributed by atoms with Gasteiger partial charge in [0.25, 0.3) is 0 Å². The van der Waals surface area contributed by atoms with Gasteiger partial charge < -0.3 is 14.8 Å². The molecule has 1 N–H and O–H groups in total. The Balaban J connectivity index is 1.77. The molecule has 1 aliphatic heterocycles. The third-order valence-electron chi connectivity index (χ3n) is 5.41. The normalized spacial score (nSPS) is 15.8. The minimum Gasteiger partial charge on any atom is -0.490 e. The number of carbonyl (C=O) groups is 1. The topological polar surface area (TPSA) is 81.7 Å². The molecule has 2 heterocycles. The summed E-state index contributed by atoms with van der Waals surface area (Å²) in [5, 5.41) is 4.43. The largest absolute Gasteiger partial charge is 0.490 e. The molecule has 0 saturated heterocycles. The molecular formula is C25H27NO5S2. The quantitative estimate of drug-likeness (QED) is 0.475. The van der Waals surface area contributed by atoms with Crippen molar-refractivity contribution in [1.82, 2.24) is 0 Å². The van der Waals surface area contributed by atoms with Gasteiger partial charge in [-0.3, -0.25) is 4.79 Å². The summed E-state index contributed by atoms with van der Waals surface area (Å²) < 4.78 is 38.3. The average Bonchev–Trinajstić information content (AvgIpc) is 3.19. The van der Waals surface area contributed by atoms with Crippen molar-refractivity contribution in [3.05, 3.63) is 63.8 Å². The Bertz CT molecular complexity index is 1280. The number of aryl methyl sites for hydroxylation is 1. The molecule has 33 heavy (non-hydrogen) atoms. The number of anilines is 1. The number of hydrogen-bond acceptors (Lipinski definition) is 6. The Kier molecular flexibility index (Phi) is 6.50.